The van der Waals surface area contributed by atoms with Crippen molar-refractivity contribution in [2.45, 2.75) is 23.8 Å². The smallest absolute Gasteiger partial charge is 0.242 e. The Kier molecular flexibility index (Phi) is 4.38. The Morgan fingerprint density at radius 1 is 1.48 bits per heavy atom. The van der Waals surface area contributed by atoms with Gasteiger partial charge in [0.25, 0.3) is 0 Å². The van der Waals surface area contributed by atoms with Gasteiger partial charge in [-0.1, -0.05) is 11.6 Å². The average Bonchev–Trinajstić information content (AvgIpc) is 3.10. The number of rotatable bonds is 3. The van der Waals surface area contributed by atoms with Gasteiger partial charge in [0.15, 0.2) is 0 Å². The molecule has 0 saturated carbocycles. The summed E-state index contributed by atoms with van der Waals surface area (Å²) in [7, 11) is -3.65. The van der Waals surface area contributed by atoms with Crippen molar-refractivity contribution in [2.24, 2.45) is 0 Å². The molecule has 8 heteroatoms. The third-order valence-corrected chi connectivity index (χ3v) is 6.96. The van der Waals surface area contributed by atoms with E-state index in [4.69, 9.17) is 11.6 Å². The minimum Gasteiger partial charge on any atom is -0.242 e. The Labute approximate surface area is 140 Å². The monoisotopic (exact) mass is 406 g/mol. The van der Waals surface area contributed by atoms with Crippen molar-refractivity contribution in [2.75, 3.05) is 6.54 Å². The summed E-state index contributed by atoms with van der Waals surface area (Å²) in [6, 6.07) is 3.37. The number of hydrogen-bond acceptors (Lipinski definition) is 4. The number of pyridine rings is 1. The molecule has 112 valence electrons. The molecule has 1 unspecified atom stereocenters. The summed E-state index contributed by atoms with van der Waals surface area (Å²) >= 11 is 10.8. The molecule has 0 amide bonds. The first-order valence-corrected chi connectivity index (χ1v) is 9.90. The van der Waals surface area contributed by atoms with Gasteiger partial charge in [-0.2, -0.15) is 15.6 Å². The number of thiophene rings is 1. The third kappa shape index (κ3) is 2.90. The molecule has 1 saturated heterocycles. The molecule has 0 N–H and O–H groups in total. The summed E-state index contributed by atoms with van der Waals surface area (Å²) in [6.45, 7) is 0.506. The molecule has 0 aliphatic carbocycles. The van der Waals surface area contributed by atoms with Crippen LogP contribution in [0.2, 0.25) is 5.15 Å². The van der Waals surface area contributed by atoms with Gasteiger partial charge in [0, 0.05) is 17.2 Å². The Balaban J connectivity index is 2.03. The number of hydrogen-bond donors (Lipinski definition) is 0. The van der Waals surface area contributed by atoms with E-state index in [1.165, 1.54) is 16.6 Å². The van der Waals surface area contributed by atoms with Crippen molar-refractivity contribution >= 4 is 48.9 Å². The van der Waals surface area contributed by atoms with Crippen LogP contribution in [0.4, 0.5) is 0 Å². The van der Waals surface area contributed by atoms with Gasteiger partial charge in [0.05, 0.1) is 6.04 Å². The van der Waals surface area contributed by atoms with Crippen LogP contribution in [0.15, 0.2) is 38.5 Å². The zero-order chi connectivity index (χ0) is 15.0. The van der Waals surface area contributed by atoms with Crippen molar-refractivity contribution in [1.82, 2.24) is 9.29 Å². The highest BCUT2D eigenvalue weighted by molar-refractivity contribution is 9.10. The number of nitrogens with zero attached hydrogens (tertiary/aromatic N) is 2. The molecule has 0 spiro atoms. The third-order valence-electron chi connectivity index (χ3n) is 3.49. The van der Waals surface area contributed by atoms with Gasteiger partial charge >= 0.3 is 0 Å². The molecule has 21 heavy (non-hydrogen) atoms. The predicted molar refractivity (Wildman–Crippen MR) is 87.1 cm³/mol. The fourth-order valence-electron chi connectivity index (χ4n) is 2.54. The largest absolute Gasteiger partial charge is 0.246 e. The second-order valence-corrected chi connectivity index (χ2v) is 8.69. The predicted octanol–water partition coefficient (Wildman–Crippen LogP) is 4.08. The van der Waals surface area contributed by atoms with E-state index in [-0.39, 0.29) is 16.1 Å². The lowest BCUT2D eigenvalue weighted by atomic mass is 10.1. The molecule has 3 heterocycles. The maximum Gasteiger partial charge on any atom is 0.246 e. The van der Waals surface area contributed by atoms with Crippen LogP contribution >= 0.6 is 38.9 Å². The highest BCUT2D eigenvalue weighted by Gasteiger charge is 2.37. The molecule has 4 nitrogen and oxygen atoms in total. The summed E-state index contributed by atoms with van der Waals surface area (Å²) < 4.78 is 27.9. The van der Waals surface area contributed by atoms with E-state index in [9.17, 15) is 8.42 Å². The molecular formula is C13H12BrClN2O2S2. The summed E-state index contributed by atoms with van der Waals surface area (Å²) in [4.78, 5) is 3.98. The minimum atomic E-state index is -3.65. The van der Waals surface area contributed by atoms with Gasteiger partial charge in [0.1, 0.15) is 10.0 Å². The van der Waals surface area contributed by atoms with Crippen molar-refractivity contribution in [1.29, 1.82) is 0 Å². The lowest BCUT2D eigenvalue weighted by Crippen LogP contribution is -2.30. The van der Waals surface area contributed by atoms with Crippen molar-refractivity contribution in [3.8, 4) is 0 Å². The fraction of sp³-hybridized carbons (Fsp3) is 0.308. The Bertz CT molecular complexity index is 750. The first kappa shape index (κ1) is 15.4. The van der Waals surface area contributed by atoms with Crippen LogP contribution < -0.4 is 0 Å². The molecule has 3 rings (SSSR count). The van der Waals surface area contributed by atoms with Crippen molar-refractivity contribution < 1.29 is 8.42 Å². The first-order valence-electron chi connectivity index (χ1n) is 6.35. The van der Waals surface area contributed by atoms with Gasteiger partial charge in [-0.25, -0.2) is 13.4 Å². The molecule has 0 bridgehead atoms. The number of aromatic nitrogens is 1. The van der Waals surface area contributed by atoms with E-state index < -0.39 is 10.0 Å². The Morgan fingerprint density at radius 2 is 2.29 bits per heavy atom. The van der Waals surface area contributed by atoms with Crippen molar-refractivity contribution in [3.05, 3.63) is 44.3 Å². The van der Waals surface area contributed by atoms with E-state index in [2.05, 4.69) is 20.9 Å². The molecule has 0 radical (unpaired) electrons. The lowest BCUT2D eigenvalue weighted by Gasteiger charge is -2.23. The minimum absolute atomic E-state index is 0.00849. The SMILES string of the molecule is O=S(=O)(c1cc(Br)cnc1Cl)N1CCCC1c1ccsc1. The fourth-order valence-corrected chi connectivity index (χ4v) is 5.85. The summed E-state index contributed by atoms with van der Waals surface area (Å²) in [5, 5.41) is 3.97. The summed E-state index contributed by atoms with van der Waals surface area (Å²) in [5.74, 6) is 0. The molecule has 1 fully saturated rings. The van der Waals surface area contributed by atoms with E-state index in [0.29, 0.717) is 11.0 Å². The van der Waals surface area contributed by atoms with Gasteiger partial charge in [-0.3, -0.25) is 0 Å². The molecule has 1 atom stereocenters. The topological polar surface area (TPSA) is 50.3 Å². The van der Waals surface area contributed by atoms with Crippen molar-refractivity contribution in [3.63, 3.8) is 0 Å². The van der Waals surface area contributed by atoms with Crippen LogP contribution in [0.3, 0.4) is 0 Å². The Hall–Kier alpha value is -0.470. The quantitative estimate of drug-likeness (QED) is 0.720. The second kappa shape index (κ2) is 5.96. The standard InChI is InChI=1S/C13H12BrClN2O2S2/c14-10-6-12(13(15)16-7-10)21(18,19)17-4-1-2-11(17)9-3-5-20-8-9/h3,5-8,11H,1-2,4H2. The maximum absolute atomic E-state index is 12.9. The van der Waals surface area contributed by atoms with Crippen LogP contribution in [0.25, 0.3) is 0 Å². The van der Waals surface area contributed by atoms with Crippen LogP contribution in [0.1, 0.15) is 24.4 Å². The highest BCUT2D eigenvalue weighted by atomic mass is 79.9. The van der Waals surface area contributed by atoms with E-state index in [0.717, 1.165) is 18.4 Å². The van der Waals surface area contributed by atoms with E-state index in [1.807, 2.05) is 16.8 Å². The maximum atomic E-state index is 12.9. The number of sulfonamides is 1. The number of halogens is 2. The molecule has 1 aliphatic heterocycles. The van der Waals surface area contributed by atoms with Crippen LogP contribution in [-0.4, -0.2) is 24.3 Å². The highest BCUT2D eigenvalue weighted by Crippen LogP contribution is 2.38. The summed E-state index contributed by atoms with van der Waals surface area (Å²) in [5.41, 5.74) is 1.04. The summed E-state index contributed by atoms with van der Waals surface area (Å²) in [6.07, 6.45) is 3.16. The molecular weight excluding hydrogens is 396 g/mol. The molecule has 2 aromatic rings. The molecule has 1 aliphatic rings. The van der Waals surface area contributed by atoms with Gasteiger partial charge in [0.2, 0.25) is 10.0 Å². The normalized spacial score (nSPS) is 20.0. The van der Waals surface area contributed by atoms with Crippen LogP contribution in [0.5, 0.6) is 0 Å². The lowest BCUT2D eigenvalue weighted by molar-refractivity contribution is 0.397. The van der Waals surface area contributed by atoms with Gasteiger partial charge in [-0.05, 0) is 57.2 Å². The second-order valence-electron chi connectivity index (χ2n) is 4.77. The van der Waals surface area contributed by atoms with E-state index >= 15 is 0 Å². The van der Waals surface area contributed by atoms with E-state index in [1.54, 1.807) is 11.3 Å². The zero-order valence-corrected chi connectivity index (χ0v) is 14.8. The van der Waals surface area contributed by atoms with Crippen LogP contribution in [0, 0.1) is 0 Å². The molecule has 0 aromatic carbocycles. The van der Waals surface area contributed by atoms with Gasteiger partial charge < -0.3 is 0 Å². The molecule has 2 aromatic heterocycles. The van der Waals surface area contributed by atoms with Gasteiger partial charge in [-0.15, -0.1) is 0 Å². The zero-order valence-electron chi connectivity index (χ0n) is 10.9. The van der Waals surface area contributed by atoms with Crippen LogP contribution in [-0.2, 0) is 10.0 Å². The average molecular weight is 408 g/mol. The Morgan fingerprint density at radius 3 is 3.00 bits per heavy atom. The first-order chi connectivity index (χ1) is 10.00.